The zero-order valence-electron chi connectivity index (χ0n) is 22.9. The van der Waals surface area contributed by atoms with Crippen molar-refractivity contribution in [1.82, 2.24) is 14.9 Å². The second kappa shape index (κ2) is 11.0. The quantitative estimate of drug-likeness (QED) is 0.221. The van der Waals surface area contributed by atoms with Crippen molar-refractivity contribution in [2.75, 3.05) is 23.3 Å². The summed E-state index contributed by atoms with van der Waals surface area (Å²) in [6, 6.07) is 19.5. The summed E-state index contributed by atoms with van der Waals surface area (Å²) < 4.78 is 41.8. The molecule has 2 fully saturated rings. The van der Waals surface area contributed by atoms with Crippen LogP contribution in [0.15, 0.2) is 60.7 Å². The number of rotatable bonds is 7. The van der Waals surface area contributed by atoms with E-state index in [-0.39, 0.29) is 19.4 Å². The predicted octanol–water partition coefficient (Wildman–Crippen LogP) is 7.97. The van der Waals surface area contributed by atoms with Crippen molar-refractivity contribution >= 4 is 57.5 Å². The maximum absolute atomic E-state index is 13.3. The Hall–Kier alpha value is -3.43. The molecule has 1 saturated heterocycles. The molecule has 1 amide bonds. The molecule has 6 rings (SSSR count). The summed E-state index contributed by atoms with van der Waals surface area (Å²) in [6.45, 7) is 1.75. The second-order valence-corrected chi connectivity index (χ2v) is 12.0. The third-order valence-corrected chi connectivity index (χ3v) is 9.15. The van der Waals surface area contributed by atoms with Crippen LogP contribution >= 0.6 is 23.2 Å². The van der Waals surface area contributed by atoms with Gasteiger partial charge < -0.3 is 20.1 Å². The Morgan fingerprint density at radius 2 is 1.74 bits per heavy atom. The van der Waals surface area contributed by atoms with Crippen molar-refractivity contribution in [2.24, 2.45) is 12.5 Å². The minimum atomic E-state index is -4.55. The molecule has 0 spiro atoms. The number of aryl methyl sites for hydroxylation is 1. The smallest absolute Gasteiger partial charge is 0.370 e. The van der Waals surface area contributed by atoms with Crippen molar-refractivity contribution in [3.8, 4) is 0 Å². The van der Waals surface area contributed by atoms with Crippen LogP contribution in [0.2, 0.25) is 10.0 Å². The van der Waals surface area contributed by atoms with Gasteiger partial charge in [0.2, 0.25) is 11.9 Å². The summed E-state index contributed by atoms with van der Waals surface area (Å²) in [5, 5.41) is 6.72. The first-order valence-electron chi connectivity index (χ1n) is 13.9. The lowest BCUT2D eigenvalue weighted by molar-refractivity contribution is -0.192. The molecule has 6 nitrogen and oxygen atoms in total. The van der Waals surface area contributed by atoms with Crippen molar-refractivity contribution in [3.05, 3.63) is 81.8 Å². The molecule has 1 aromatic heterocycles. The van der Waals surface area contributed by atoms with Gasteiger partial charge in [0.05, 0.1) is 32.5 Å². The third-order valence-electron chi connectivity index (χ3n) is 8.51. The molecular formula is C31H30Cl2F3N5O. The summed E-state index contributed by atoms with van der Waals surface area (Å²) in [5.74, 6) is 0.0654. The van der Waals surface area contributed by atoms with E-state index in [0.29, 0.717) is 38.7 Å². The van der Waals surface area contributed by atoms with Gasteiger partial charge in [-0.1, -0.05) is 59.6 Å². The van der Waals surface area contributed by atoms with Gasteiger partial charge in [-0.3, -0.25) is 4.79 Å². The number of nitrogens with one attached hydrogen (secondary N) is 2. The van der Waals surface area contributed by atoms with E-state index in [1.54, 1.807) is 18.2 Å². The lowest BCUT2D eigenvalue weighted by atomic mass is 9.89. The standard InChI is InChI=1S/C31H30Cl2F3N5O/c1-40-27-17-26(41-13-9-21(10-14-41)20-5-3-2-4-6-20)23(33)16-25(27)39-29(40)38-24-15-19(7-8-22(24)32)18-37-28(42)30(11-12-30)31(34,35)36/h2-8,15-17,21H,9-14,18H2,1H3,(H,37,42)(H,38,39). The molecule has 0 bridgehead atoms. The summed E-state index contributed by atoms with van der Waals surface area (Å²) in [6.07, 6.45) is -2.82. The lowest BCUT2D eigenvalue weighted by Gasteiger charge is -2.34. The average Bonchev–Trinajstić information content (AvgIpc) is 3.75. The molecule has 2 aliphatic rings. The van der Waals surface area contributed by atoms with Crippen LogP contribution in [0.25, 0.3) is 11.0 Å². The Morgan fingerprint density at radius 3 is 2.40 bits per heavy atom. The van der Waals surface area contributed by atoms with E-state index in [9.17, 15) is 18.0 Å². The molecule has 2 N–H and O–H groups in total. The van der Waals surface area contributed by atoms with Crippen LogP contribution < -0.4 is 15.5 Å². The molecule has 0 atom stereocenters. The number of carbonyl (C=O) groups excluding carboxylic acids is 1. The zero-order valence-corrected chi connectivity index (χ0v) is 24.5. The van der Waals surface area contributed by atoms with Gasteiger partial charge in [-0.15, -0.1) is 0 Å². The van der Waals surface area contributed by atoms with Gasteiger partial charge in [-0.05, 0) is 67.0 Å². The topological polar surface area (TPSA) is 62.2 Å². The molecule has 1 aliphatic heterocycles. The highest BCUT2D eigenvalue weighted by molar-refractivity contribution is 6.34. The van der Waals surface area contributed by atoms with Crippen molar-refractivity contribution in [3.63, 3.8) is 0 Å². The first-order chi connectivity index (χ1) is 20.1. The average molecular weight is 617 g/mol. The van der Waals surface area contributed by atoms with Crippen LogP contribution in [0, 0.1) is 5.41 Å². The molecule has 220 valence electrons. The number of anilines is 3. The highest BCUT2D eigenvalue weighted by atomic mass is 35.5. The van der Waals surface area contributed by atoms with Crippen LogP contribution in [0.1, 0.15) is 42.7 Å². The van der Waals surface area contributed by atoms with Gasteiger partial charge in [0.1, 0.15) is 5.41 Å². The molecule has 2 heterocycles. The minimum Gasteiger partial charge on any atom is -0.370 e. The van der Waals surface area contributed by atoms with E-state index in [1.165, 1.54) is 5.56 Å². The number of imidazole rings is 1. The minimum absolute atomic E-state index is 0.0506. The molecular weight excluding hydrogens is 586 g/mol. The van der Waals surface area contributed by atoms with Gasteiger partial charge in [0.15, 0.2) is 0 Å². The number of fused-ring (bicyclic) bond motifs is 1. The lowest BCUT2D eigenvalue weighted by Crippen LogP contribution is -2.40. The number of amides is 1. The fraction of sp³-hybridized carbons (Fsp3) is 0.355. The van der Waals surface area contributed by atoms with E-state index in [4.69, 9.17) is 28.2 Å². The van der Waals surface area contributed by atoms with Gasteiger partial charge in [0.25, 0.3) is 0 Å². The molecule has 1 aliphatic carbocycles. The normalized spacial score (nSPS) is 17.0. The Bertz CT molecular complexity index is 1630. The summed E-state index contributed by atoms with van der Waals surface area (Å²) in [7, 11) is 1.89. The summed E-state index contributed by atoms with van der Waals surface area (Å²) in [5.41, 5.74) is 2.82. The van der Waals surface area contributed by atoms with E-state index < -0.39 is 17.5 Å². The van der Waals surface area contributed by atoms with E-state index >= 15 is 0 Å². The maximum atomic E-state index is 13.3. The molecule has 3 aromatic carbocycles. The molecule has 42 heavy (non-hydrogen) atoms. The Kier molecular flexibility index (Phi) is 7.51. The van der Waals surface area contributed by atoms with Crippen LogP contribution in [0.3, 0.4) is 0 Å². The highest BCUT2D eigenvalue weighted by Crippen LogP contribution is 2.57. The molecule has 0 radical (unpaired) electrons. The van der Waals surface area contributed by atoms with E-state index in [1.807, 2.05) is 23.7 Å². The van der Waals surface area contributed by atoms with Crippen LogP contribution in [-0.2, 0) is 18.4 Å². The monoisotopic (exact) mass is 615 g/mol. The van der Waals surface area contributed by atoms with E-state index in [0.717, 1.165) is 37.1 Å². The SMILES string of the molecule is Cn1c(Nc2cc(CNC(=O)C3(C(F)(F)F)CC3)ccc2Cl)nc2cc(Cl)c(N3CCC(c4ccccc4)CC3)cc21. The van der Waals surface area contributed by atoms with Gasteiger partial charge in [-0.2, -0.15) is 13.2 Å². The van der Waals surface area contributed by atoms with Gasteiger partial charge in [-0.25, -0.2) is 4.98 Å². The second-order valence-electron chi connectivity index (χ2n) is 11.2. The summed E-state index contributed by atoms with van der Waals surface area (Å²) in [4.78, 5) is 19.3. The van der Waals surface area contributed by atoms with Gasteiger partial charge in [0, 0.05) is 26.7 Å². The van der Waals surface area contributed by atoms with Crippen molar-refractivity contribution in [2.45, 2.75) is 44.3 Å². The number of piperidine rings is 1. The highest BCUT2D eigenvalue weighted by Gasteiger charge is 2.68. The fourth-order valence-electron chi connectivity index (χ4n) is 5.75. The molecule has 11 heteroatoms. The van der Waals surface area contributed by atoms with Crippen LogP contribution in [0.4, 0.5) is 30.5 Å². The van der Waals surface area contributed by atoms with Crippen molar-refractivity contribution < 1.29 is 18.0 Å². The van der Waals surface area contributed by atoms with Crippen LogP contribution in [0.5, 0.6) is 0 Å². The molecule has 0 unspecified atom stereocenters. The number of carbonyl (C=O) groups is 1. The molecule has 1 saturated carbocycles. The largest absolute Gasteiger partial charge is 0.403 e. The van der Waals surface area contributed by atoms with Crippen molar-refractivity contribution in [1.29, 1.82) is 0 Å². The number of hydrogen-bond donors (Lipinski definition) is 2. The number of alkyl halides is 3. The molecule has 4 aromatic rings. The number of benzene rings is 3. The Labute approximate surface area is 251 Å². The first kappa shape index (κ1) is 28.7. The van der Waals surface area contributed by atoms with Crippen LogP contribution in [-0.4, -0.2) is 34.7 Å². The Morgan fingerprint density at radius 1 is 1.02 bits per heavy atom. The number of halogens is 5. The third kappa shape index (κ3) is 5.40. The summed E-state index contributed by atoms with van der Waals surface area (Å²) >= 11 is 13.2. The predicted molar refractivity (Wildman–Crippen MR) is 161 cm³/mol. The number of nitrogens with zero attached hydrogens (tertiary/aromatic N) is 3. The number of hydrogen-bond acceptors (Lipinski definition) is 4. The first-order valence-corrected chi connectivity index (χ1v) is 14.7. The fourth-order valence-corrected chi connectivity index (χ4v) is 6.19. The maximum Gasteiger partial charge on any atom is 0.403 e. The number of aromatic nitrogens is 2. The zero-order chi connectivity index (χ0) is 29.6. The van der Waals surface area contributed by atoms with E-state index in [2.05, 4.69) is 45.9 Å². The Balaban J connectivity index is 1.17. The van der Waals surface area contributed by atoms with Gasteiger partial charge >= 0.3 is 6.18 Å².